The van der Waals surface area contributed by atoms with Gasteiger partial charge >= 0.3 is 0 Å². The van der Waals surface area contributed by atoms with Gasteiger partial charge in [0, 0.05) is 41.2 Å². The van der Waals surface area contributed by atoms with Crippen molar-refractivity contribution in [2.75, 3.05) is 37.6 Å². The number of hydrogen-bond acceptors (Lipinski definition) is 5. The summed E-state index contributed by atoms with van der Waals surface area (Å²) in [4.78, 5) is 5.43. The van der Waals surface area contributed by atoms with Gasteiger partial charge in [0.2, 0.25) is 0 Å². The van der Waals surface area contributed by atoms with Crippen molar-refractivity contribution < 1.29 is 0 Å². The highest BCUT2D eigenvalue weighted by molar-refractivity contribution is 5.77. The molecular formula is C48H63N5. The normalized spacial score (nSPS) is 41.5. The summed E-state index contributed by atoms with van der Waals surface area (Å²) >= 11 is 0. The standard InChI is InChI=1S/C48H63N5/c1-2-52-27-9-17-42-44(52)40(19-26-50-42)48-23-21-46(32-48,33-48)35-11-7-15-38(29-35)53(36-12-4-3-5-13-36)37-14-6-10-34(28-37)45-20-22-47(30-45,31-45)39-18-25-49-41-16-8-24-51-43(39)41/h3-7,10-15,28-29,39-44,49-51H,2,8-9,16-27,30-33H2,1H3. The number of nitrogens with one attached hydrogen (secondary N) is 3. The highest BCUT2D eigenvalue weighted by Gasteiger charge is 2.67. The number of piperidine rings is 4. The fraction of sp³-hybridized carbons (Fsp3) is 0.625. The van der Waals surface area contributed by atoms with Crippen molar-refractivity contribution >= 4 is 17.1 Å². The van der Waals surface area contributed by atoms with Crippen LogP contribution in [0.15, 0.2) is 78.9 Å². The molecule has 6 saturated carbocycles. The predicted molar refractivity (Wildman–Crippen MR) is 217 cm³/mol. The number of para-hydroxylation sites is 1. The van der Waals surface area contributed by atoms with Crippen LogP contribution >= 0.6 is 0 Å². The van der Waals surface area contributed by atoms with Gasteiger partial charge in [-0.15, -0.1) is 0 Å². The molecule has 4 saturated heterocycles. The van der Waals surface area contributed by atoms with Gasteiger partial charge in [0.25, 0.3) is 0 Å². The molecule has 3 aromatic rings. The van der Waals surface area contributed by atoms with Crippen molar-refractivity contribution in [1.82, 2.24) is 20.9 Å². The van der Waals surface area contributed by atoms with Crippen molar-refractivity contribution in [3.63, 3.8) is 0 Å². The molecule has 13 rings (SSSR count). The van der Waals surface area contributed by atoms with Crippen molar-refractivity contribution in [1.29, 1.82) is 0 Å². The molecule has 5 heteroatoms. The zero-order valence-corrected chi connectivity index (χ0v) is 32.3. The lowest BCUT2D eigenvalue weighted by molar-refractivity contribution is -0.0579. The summed E-state index contributed by atoms with van der Waals surface area (Å²) in [6, 6.07) is 33.7. The molecule has 0 aromatic heterocycles. The minimum atomic E-state index is 0.352. The molecule has 4 heterocycles. The first-order valence-electron chi connectivity index (χ1n) is 22.0. The largest absolute Gasteiger partial charge is 0.312 e. The SMILES string of the molecule is CCN1CCCC2NCCC(C34CCC(c5cccc(N(c6ccccc6)c6cccc(C78CCC(C9CCNC%10CCCNC%109)(C7)C8)c6)c5)(C3)C4)C21. The number of anilines is 3. The van der Waals surface area contributed by atoms with Crippen LogP contribution in [-0.4, -0.2) is 61.8 Å². The topological polar surface area (TPSA) is 42.6 Å². The van der Waals surface area contributed by atoms with Gasteiger partial charge in [-0.2, -0.15) is 0 Å². The molecule has 5 nitrogen and oxygen atoms in total. The third kappa shape index (κ3) is 5.15. The molecule has 280 valence electrons. The number of hydrogen-bond donors (Lipinski definition) is 3. The van der Waals surface area contributed by atoms with E-state index in [1.54, 1.807) is 11.1 Å². The first-order chi connectivity index (χ1) is 26.0. The average molecular weight is 710 g/mol. The monoisotopic (exact) mass is 710 g/mol. The van der Waals surface area contributed by atoms with E-state index in [9.17, 15) is 0 Å². The lowest BCUT2D eigenvalue weighted by atomic mass is 9.50. The smallest absolute Gasteiger partial charge is 0.0464 e. The van der Waals surface area contributed by atoms with E-state index in [4.69, 9.17) is 0 Å². The second-order valence-corrected chi connectivity index (χ2v) is 19.6. The zero-order chi connectivity index (χ0) is 35.3. The van der Waals surface area contributed by atoms with Gasteiger partial charge in [-0.25, -0.2) is 0 Å². The third-order valence-corrected chi connectivity index (χ3v) is 17.3. The van der Waals surface area contributed by atoms with Crippen LogP contribution in [0.1, 0.15) is 108 Å². The van der Waals surface area contributed by atoms with Gasteiger partial charge in [-0.1, -0.05) is 49.4 Å². The lowest BCUT2D eigenvalue weighted by Gasteiger charge is -2.59. The molecule has 6 unspecified atom stereocenters. The first kappa shape index (κ1) is 33.6. The van der Waals surface area contributed by atoms with Crippen molar-refractivity contribution in [3.8, 4) is 0 Å². The quantitative estimate of drug-likeness (QED) is 0.218. The zero-order valence-electron chi connectivity index (χ0n) is 32.3. The van der Waals surface area contributed by atoms with E-state index in [1.807, 2.05) is 0 Å². The Balaban J connectivity index is 0.873. The van der Waals surface area contributed by atoms with Gasteiger partial charge in [0.15, 0.2) is 0 Å². The summed E-state index contributed by atoms with van der Waals surface area (Å²) in [5, 5.41) is 11.9. The number of rotatable bonds is 8. The van der Waals surface area contributed by atoms with Crippen molar-refractivity contribution in [3.05, 3.63) is 90.0 Å². The van der Waals surface area contributed by atoms with Gasteiger partial charge in [0.1, 0.15) is 0 Å². The van der Waals surface area contributed by atoms with E-state index in [1.165, 1.54) is 140 Å². The Bertz CT molecular complexity index is 1800. The highest BCUT2D eigenvalue weighted by Crippen LogP contribution is 2.73. The summed E-state index contributed by atoms with van der Waals surface area (Å²) in [5.41, 5.74) is 8.89. The molecule has 0 radical (unpaired) electrons. The number of nitrogens with zero attached hydrogens (tertiary/aromatic N) is 2. The fourth-order valence-electron chi connectivity index (χ4n) is 15.2. The minimum absolute atomic E-state index is 0.352. The molecule has 0 amide bonds. The Morgan fingerprint density at radius 1 is 0.604 bits per heavy atom. The molecule has 4 bridgehead atoms. The summed E-state index contributed by atoms with van der Waals surface area (Å²) in [5.74, 6) is 1.69. The number of fused-ring (bicyclic) bond motifs is 4. The van der Waals surface area contributed by atoms with Crippen LogP contribution in [0.2, 0.25) is 0 Å². The first-order valence-corrected chi connectivity index (χ1v) is 22.0. The summed E-state index contributed by atoms with van der Waals surface area (Å²) < 4.78 is 0. The molecular weight excluding hydrogens is 647 g/mol. The van der Waals surface area contributed by atoms with Crippen LogP contribution in [0.3, 0.4) is 0 Å². The number of likely N-dealkylation sites (N-methyl/N-ethyl adjacent to an activating group) is 1. The van der Waals surface area contributed by atoms with Crippen LogP contribution in [-0.2, 0) is 10.8 Å². The number of benzene rings is 3. The molecule has 0 spiro atoms. The Hall–Kier alpha value is -2.70. The van der Waals surface area contributed by atoms with Crippen molar-refractivity contribution in [2.45, 2.75) is 132 Å². The highest BCUT2D eigenvalue weighted by atomic mass is 15.2. The maximum atomic E-state index is 4.00. The summed E-state index contributed by atoms with van der Waals surface area (Å²) in [7, 11) is 0. The van der Waals surface area contributed by atoms with Gasteiger partial charge in [-0.05, 0) is 204 Å². The molecule has 10 aliphatic rings. The average Bonchev–Trinajstić information content (AvgIpc) is 3.98. The number of likely N-dealkylation sites (tertiary alicyclic amines) is 1. The second-order valence-electron chi connectivity index (χ2n) is 19.6. The van der Waals surface area contributed by atoms with Crippen LogP contribution in [0, 0.1) is 22.7 Å². The van der Waals surface area contributed by atoms with Crippen LogP contribution in [0.4, 0.5) is 17.1 Å². The Morgan fingerprint density at radius 3 is 1.89 bits per heavy atom. The van der Waals surface area contributed by atoms with E-state index in [0.29, 0.717) is 39.8 Å². The van der Waals surface area contributed by atoms with E-state index >= 15 is 0 Å². The molecule has 53 heavy (non-hydrogen) atoms. The van der Waals surface area contributed by atoms with E-state index in [2.05, 4.69) is 112 Å². The van der Waals surface area contributed by atoms with Crippen LogP contribution in [0.25, 0.3) is 0 Å². The summed E-state index contributed by atoms with van der Waals surface area (Å²) in [6.45, 7) is 8.54. The maximum absolute atomic E-state index is 4.00. The molecule has 6 aliphatic carbocycles. The van der Waals surface area contributed by atoms with Crippen LogP contribution < -0.4 is 20.9 Å². The molecule has 10 fully saturated rings. The Labute approximate surface area is 319 Å². The van der Waals surface area contributed by atoms with Crippen molar-refractivity contribution in [2.24, 2.45) is 22.7 Å². The van der Waals surface area contributed by atoms with E-state index in [0.717, 1.165) is 17.9 Å². The molecule has 3 N–H and O–H groups in total. The minimum Gasteiger partial charge on any atom is -0.312 e. The van der Waals surface area contributed by atoms with Gasteiger partial charge in [0.05, 0.1) is 0 Å². The lowest BCUT2D eigenvalue weighted by Crippen LogP contribution is -2.65. The fourth-order valence-corrected chi connectivity index (χ4v) is 15.2. The van der Waals surface area contributed by atoms with Crippen LogP contribution in [0.5, 0.6) is 0 Å². The predicted octanol–water partition coefficient (Wildman–Crippen LogP) is 8.97. The Kier molecular flexibility index (Phi) is 8.03. The van der Waals surface area contributed by atoms with Gasteiger partial charge < -0.3 is 20.9 Å². The second kappa shape index (κ2) is 12.7. The summed E-state index contributed by atoms with van der Waals surface area (Å²) in [6.07, 6.45) is 19.2. The van der Waals surface area contributed by atoms with Gasteiger partial charge in [-0.3, -0.25) is 4.90 Å². The van der Waals surface area contributed by atoms with E-state index < -0.39 is 0 Å². The molecule has 4 aliphatic heterocycles. The Morgan fingerprint density at radius 2 is 1.21 bits per heavy atom. The van der Waals surface area contributed by atoms with E-state index in [-0.39, 0.29) is 0 Å². The molecule has 3 aromatic carbocycles. The maximum Gasteiger partial charge on any atom is 0.0464 e. The third-order valence-electron chi connectivity index (χ3n) is 17.3. The molecule has 6 atom stereocenters.